The Kier molecular flexibility index (Phi) is 21.6. The third kappa shape index (κ3) is 14.2. The van der Waals surface area contributed by atoms with E-state index in [9.17, 15) is 74.7 Å². The quantitative estimate of drug-likeness (QED) is 0.0193. The van der Waals surface area contributed by atoms with E-state index in [0.29, 0.717) is 0 Å². The van der Waals surface area contributed by atoms with Gasteiger partial charge in [0.1, 0.15) is 66.9 Å². The van der Waals surface area contributed by atoms with Crippen LogP contribution in [0.3, 0.4) is 0 Å². The molecule has 1 aromatic heterocycles. The fourth-order valence-corrected chi connectivity index (χ4v) is 7.71. The van der Waals surface area contributed by atoms with Gasteiger partial charge < -0.3 is 105 Å². The van der Waals surface area contributed by atoms with Crippen LogP contribution in [0.15, 0.2) is 52.5 Å². The average Bonchev–Trinajstić information content (AvgIpc) is 3.31. The number of carbonyl (C=O) groups is 5. The number of azide groups is 1. The van der Waals surface area contributed by atoms with Crippen LogP contribution >= 0.6 is 0 Å². The number of amides is 4. The van der Waals surface area contributed by atoms with Crippen molar-refractivity contribution in [2.75, 3.05) is 38.2 Å². The smallest absolute Gasteiger partial charge is 0.544 e. The van der Waals surface area contributed by atoms with Crippen LogP contribution in [0.25, 0.3) is 10.4 Å². The molecule has 16 atom stereocenters. The van der Waals surface area contributed by atoms with Crippen LogP contribution in [0.1, 0.15) is 41.0 Å². The van der Waals surface area contributed by atoms with E-state index in [4.69, 9.17) is 34.0 Å². The molecule has 3 saturated heterocycles. The minimum absolute atomic E-state index is 0. The number of aromatic nitrogens is 1. The number of ether oxygens (including phenoxy) is 6. The Labute approximate surface area is 418 Å². The van der Waals surface area contributed by atoms with E-state index in [0.717, 1.165) is 19.9 Å². The Morgan fingerprint density at radius 2 is 1.51 bits per heavy atom. The normalized spacial score (nSPS) is 31.6. The van der Waals surface area contributed by atoms with E-state index in [1.54, 1.807) is 0 Å². The van der Waals surface area contributed by atoms with Crippen molar-refractivity contribution < 1.29 is 128 Å². The first-order valence-electron chi connectivity index (χ1n) is 21.1. The number of H-pyrrole nitrogens is 1. The van der Waals surface area contributed by atoms with Crippen LogP contribution in [0, 0.1) is 0 Å². The number of nitrogens with one attached hydrogen (secondary N) is 5. The summed E-state index contributed by atoms with van der Waals surface area (Å²) in [4.78, 5) is 79.2. The fourth-order valence-electron chi connectivity index (χ4n) is 7.71. The number of nitrogens with zero attached hydrogens (tertiary/aromatic N) is 3. The maximum absolute atomic E-state index is 13.0. The van der Waals surface area contributed by atoms with Crippen LogP contribution < -0.4 is 61.5 Å². The Bertz CT molecular complexity index is 2200. The largest absolute Gasteiger partial charge is 1.00 e. The van der Waals surface area contributed by atoms with Crippen LogP contribution in [0.5, 0.6) is 0 Å². The number of aliphatic hydroxyl groups is 8. The molecule has 5 rings (SSSR count). The monoisotopic (exact) mass is 1000 g/mol. The van der Waals surface area contributed by atoms with Crippen molar-refractivity contribution in [3.63, 3.8) is 0 Å². The second-order valence-corrected chi connectivity index (χ2v) is 16.0. The molecule has 2 aromatic rings. The maximum atomic E-state index is 13.0. The van der Waals surface area contributed by atoms with Gasteiger partial charge in [-0.05, 0) is 35.9 Å². The summed E-state index contributed by atoms with van der Waals surface area (Å²) < 4.78 is 34.0. The number of aliphatic hydroxyl groups excluding tert-OH is 8. The summed E-state index contributed by atoms with van der Waals surface area (Å²) >= 11 is 0. The van der Waals surface area contributed by atoms with Crippen LogP contribution in [0.4, 0.5) is 5.69 Å². The number of anilines is 1. The van der Waals surface area contributed by atoms with Gasteiger partial charge in [0.2, 0.25) is 23.2 Å². The van der Waals surface area contributed by atoms with Gasteiger partial charge in [0.15, 0.2) is 12.6 Å². The molecule has 29 nitrogen and oxygen atoms in total. The van der Waals surface area contributed by atoms with Gasteiger partial charge in [0.25, 0.3) is 11.8 Å². The van der Waals surface area contributed by atoms with Gasteiger partial charge in [0, 0.05) is 61.8 Å². The number of carboxylic acids is 1. The summed E-state index contributed by atoms with van der Waals surface area (Å²) in [5.74, 6) is -8.47. The molecule has 0 unspecified atom stereocenters. The fraction of sp³-hybridized carbons (Fsp3) is 0.600. The molecule has 13 N–H and O–H groups in total. The number of aromatic amines is 1. The average molecular weight is 1000 g/mol. The van der Waals surface area contributed by atoms with Crippen LogP contribution in [-0.2, 0) is 42.8 Å². The Balaban J connectivity index is 0.0000107. The van der Waals surface area contributed by atoms with E-state index in [1.807, 2.05) is 0 Å². The van der Waals surface area contributed by atoms with Crippen molar-refractivity contribution >= 4 is 35.3 Å². The molecule has 1 aromatic carbocycles. The number of pyridine rings is 1. The summed E-state index contributed by atoms with van der Waals surface area (Å²) in [7, 11) is 0. The molecule has 4 heterocycles. The first-order chi connectivity index (χ1) is 32.7. The molecule has 70 heavy (non-hydrogen) atoms. The standard InChI is InChI=1S/C40H54N8O21.Na/c1-16(51)45-26-21(53)11-40(39(62)63,68-33(26)28(56)22(54)13-43-35(60)18-3-6-20(7-4-18)47-36(61)19-5-8-25(55)42-12-19)69-34-29(57)23(14-49)65-38(31(34)59)67-32-24(15-50)66-37(64-10-9-44-48-41)27(30(32)58)46-17(2)52;/h3-8,12,21-24,26-34,37-38,49-50,53-54,56-59H,9-11,13-15H2,1-2H3,(H,42,55)(H,43,60)(H,45,51)(H,46,52)(H,47,61)(H,62,63);/q;+1/p-1/t21-,22+,23+,24+,26+,27+,28+,29-,30+,31+,32+,33+,34-,37+,38-,40-;/m0./s1. The minimum atomic E-state index is -3.27. The Morgan fingerprint density at radius 1 is 0.886 bits per heavy atom. The molecule has 0 radical (unpaired) electrons. The number of hydrogen-bond donors (Lipinski definition) is 13. The number of aliphatic carboxylic acids is 1. The number of carbonyl (C=O) groups excluding carboxylic acids is 5. The third-order valence-corrected chi connectivity index (χ3v) is 11.1. The summed E-state index contributed by atoms with van der Waals surface area (Å²) in [6.45, 7) is -1.09. The zero-order valence-corrected chi connectivity index (χ0v) is 39.7. The molecule has 30 heteroatoms. The Hall–Kier alpha value is -4.73. The van der Waals surface area contributed by atoms with E-state index in [1.165, 1.54) is 36.5 Å². The Morgan fingerprint density at radius 3 is 2.10 bits per heavy atom. The van der Waals surface area contributed by atoms with Gasteiger partial charge in [-0.25, -0.2) is 0 Å². The van der Waals surface area contributed by atoms with Crippen LogP contribution in [-0.4, -0.2) is 206 Å². The van der Waals surface area contributed by atoms with E-state index in [2.05, 4.69) is 36.3 Å². The van der Waals surface area contributed by atoms with Gasteiger partial charge in [0.05, 0.1) is 43.6 Å². The zero-order valence-electron chi connectivity index (χ0n) is 37.7. The number of benzene rings is 1. The molecule has 3 fully saturated rings. The molecule has 0 bridgehead atoms. The van der Waals surface area contributed by atoms with E-state index in [-0.39, 0.29) is 59.5 Å². The van der Waals surface area contributed by atoms with Crippen molar-refractivity contribution in [1.29, 1.82) is 0 Å². The molecule has 380 valence electrons. The minimum Gasteiger partial charge on any atom is -0.544 e. The van der Waals surface area contributed by atoms with Gasteiger partial charge in [-0.2, -0.15) is 0 Å². The molecule has 0 spiro atoms. The summed E-state index contributed by atoms with van der Waals surface area (Å²) in [6, 6.07) is 4.66. The van der Waals surface area contributed by atoms with Crippen LogP contribution in [0.2, 0.25) is 0 Å². The van der Waals surface area contributed by atoms with Gasteiger partial charge in [-0.1, -0.05) is 5.11 Å². The summed E-state index contributed by atoms with van der Waals surface area (Å²) in [6.07, 6.45) is -25.6. The van der Waals surface area contributed by atoms with Crippen molar-refractivity contribution in [2.24, 2.45) is 5.11 Å². The van der Waals surface area contributed by atoms with Crippen molar-refractivity contribution in [3.05, 3.63) is 74.5 Å². The molecule has 0 aliphatic carbocycles. The zero-order chi connectivity index (χ0) is 50.7. The van der Waals surface area contributed by atoms with E-state index < -0.39 is 159 Å². The molecule has 3 aliphatic heterocycles. The van der Waals surface area contributed by atoms with Crippen molar-refractivity contribution in [3.8, 4) is 0 Å². The maximum Gasteiger partial charge on any atom is 1.00 e. The van der Waals surface area contributed by atoms with Crippen molar-refractivity contribution in [1.82, 2.24) is 20.9 Å². The summed E-state index contributed by atoms with van der Waals surface area (Å²) in [5, 5.41) is 114. The number of hydrogen-bond acceptors (Lipinski definition) is 22. The molecule has 4 amide bonds. The molecule has 0 saturated carbocycles. The molecular formula is C40H53N8NaO21. The van der Waals surface area contributed by atoms with E-state index >= 15 is 0 Å². The first kappa shape index (κ1) is 57.8. The van der Waals surface area contributed by atoms with Gasteiger partial charge in [-0.3, -0.25) is 24.0 Å². The molecular weight excluding hydrogens is 951 g/mol. The third-order valence-electron chi connectivity index (χ3n) is 11.1. The predicted molar refractivity (Wildman–Crippen MR) is 223 cm³/mol. The van der Waals surface area contributed by atoms with Gasteiger partial charge in [-0.15, -0.1) is 0 Å². The topological polar surface area (TPSA) is 455 Å². The second-order valence-electron chi connectivity index (χ2n) is 16.0. The summed E-state index contributed by atoms with van der Waals surface area (Å²) in [5.41, 5.74) is 8.56. The second kappa shape index (κ2) is 26.1. The molecule has 3 aliphatic rings. The first-order valence-corrected chi connectivity index (χ1v) is 21.1. The SMILES string of the molecule is CC(=O)N[C@H]1[C@H](OCCN=[N+]=[N-])O[C@H](CO)[C@@H](O[C@@H]2O[C@H](CO)[C@H](O)[C@H](O[C@]3(C(=O)[O-])C[C@H](O)[C@@H](NC(C)=O)[C@H]([C@H](O)[C@H](O)CNC(=O)c4ccc(NC(=O)c5ccc(=O)[nH]c5)cc4)O3)[C@H]2O)[C@@H]1O.[Na+]. The number of carboxylic acid groups (broad SMARTS) is 1. The number of rotatable bonds is 20. The predicted octanol–water partition coefficient (Wildman–Crippen LogP) is -9.70. The van der Waals surface area contributed by atoms with Gasteiger partial charge >= 0.3 is 29.6 Å². The van der Waals surface area contributed by atoms with Crippen molar-refractivity contribution in [2.45, 2.75) is 118 Å².